The van der Waals surface area contributed by atoms with Crippen LogP contribution >= 0.6 is 0 Å². The number of aliphatic hydroxyl groups is 3. The van der Waals surface area contributed by atoms with Gasteiger partial charge in [-0.3, -0.25) is 4.79 Å². The van der Waals surface area contributed by atoms with Crippen LogP contribution in [-0.4, -0.2) is 92.5 Å². The molecule has 2 bridgehead atoms. The Morgan fingerprint density at radius 1 is 1.20 bits per heavy atom. The average molecular weight is 761 g/mol. The van der Waals surface area contributed by atoms with Crippen LogP contribution in [0.25, 0.3) is 0 Å². The number of rotatable bonds is 17. The van der Waals surface area contributed by atoms with Gasteiger partial charge in [0.25, 0.3) is 0 Å². The lowest BCUT2D eigenvalue weighted by Gasteiger charge is -2.57. The summed E-state index contributed by atoms with van der Waals surface area (Å²) in [6.07, 6.45) is 16.4. The van der Waals surface area contributed by atoms with Crippen LogP contribution in [0.4, 0.5) is 0 Å². The van der Waals surface area contributed by atoms with Gasteiger partial charge in [0.15, 0.2) is 0 Å². The molecule has 7 atom stereocenters. The number of allylic oxidation sites excluding steroid dienone is 7. The van der Waals surface area contributed by atoms with E-state index < -0.39 is 17.1 Å². The van der Waals surface area contributed by atoms with Crippen LogP contribution in [0, 0.1) is 23.2 Å². The third kappa shape index (κ3) is 11.0. The molecule has 2 saturated carbocycles. The Bertz CT molecular complexity index is 1550. The first-order valence-electron chi connectivity index (χ1n) is 20.8. The van der Waals surface area contributed by atoms with Crippen LogP contribution in [0.3, 0.4) is 0 Å². The zero-order valence-corrected chi connectivity index (χ0v) is 34.8. The van der Waals surface area contributed by atoms with E-state index in [1.54, 1.807) is 7.11 Å². The van der Waals surface area contributed by atoms with Gasteiger partial charge in [-0.05, 0) is 146 Å². The standard InChI is InChI=1S/C47H72N2O6/c1-8-55-33-40(42-20-22-47(44(42)52)43(16-11-26-50)41(36(4)32-51)19-21-46(47,53)23-25-48-6)15-9-12-35(3)39-18-17-34(2)31-49-45(5,24-27-54-7)30-38-14-10-13-37(28-38)29-39/h9-10,12-15,17,28,32,39,42-44,48-50,52-53H,3,8,11,16,18-27,29-31,33H2,1-2,4-7H3/t39-,42+,43-,44+,45-,46-,47+/m0/s1. The van der Waals surface area contributed by atoms with E-state index in [1.807, 2.05) is 20.9 Å². The zero-order chi connectivity index (χ0) is 40.1. The van der Waals surface area contributed by atoms with Crippen molar-refractivity contribution in [3.63, 3.8) is 0 Å². The summed E-state index contributed by atoms with van der Waals surface area (Å²) in [6, 6.07) is 8.97. The predicted molar refractivity (Wildman–Crippen MR) is 224 cm³/mol. The maximum atomic E-state index is 12.6. The number of benzene rings is 1. The van der Waals surface area contributed by atoms with Gasteiger partial charge in [0, 0.05) is 50.3 Å². The first-order chi connectivity index (χ1) is 26.4. The van der Waals surface area contributed by atoms with Crippen molar-refractivity contribution in [3.05, 3.63) is 94.1 Å². The number of hydrogen-bond acceptors (Lipinski definition) is 8. The lowest BCUT2D eigenvalue weighted by Crippen LogP contribution is -2.61. The fourth-order valence-electron chi connectivity index (χ4n) is 9.92. The molecule has 0 saturated heterocycles. The van der Waals surface area contributed by atoms with Crippen LogP contribution < -0.4 is 10.6 Å². The summed E-state index contributed by atoms with van der Waals surface area (Å²) in [5.41, 5.74) is 5.63. The number of fused-ring (bicyclic) bond motifs is 2. The minimum Gasteiger partial charge on any atom is -0.396 e. The quantitative estimate of drug-likeness (QED) is 0.0499. The highest BCUT2D eigenvalue weighted by Crippen LogP contribution is 2.64. The third-order valence-electron chi connectivity index (χ3n) is 13.2. The number of ether oxygens (including phenoxy) is 2. The van der Waals surface area contributed by atoms with E-state index in [0.717, 1.165) is 55.2 Å². The van der Waals surface area contributed by atoms with Gasteiger partial charge < -0.3 is 35.4 Å². The maximum absolute atomic E-state index is 12.6. The van der Waals surface area contributed by atoms with Crippen molar-refractivity contribution in [2.75, 3.05) is 53.7 Å². The normalized spacial score (nSPS) is 31.6. The number of carbonyl (C=O) groups excluding carboxylic acids is 1. The molecule has 306 valence electrons. The molecule has 4 rings (SSSR count). The Hall–Kier alpha value is -2.69. The molecule has 1 aromatic carbocycles. The Morgan fingerprint density at radius 2 is 1.98 bits per heavy atom. The molecular formula is C47H72N2O6. The van der Waals surface area contributed by atoms with E-state index in [2.05, 4.69) is 79.6 Å². The second kappa shape index (κ2) is 21.2. The first-order valence-corrected chi connectivity index (χ1v) is 20.8. The molecule has 2 fully saturated rings. The lowest BCUT2D eigenvalue weighted by atomic mass is 9.51. The molecular weight excluding hydrogens is 689 g/mol. The molecule has 1 spiro atoms. The van der Waals surface area contributed by atoms with E-state index >= 15 is 0 Å². The fraction of sp³-hybridized carbons (Fsp3) is 0.638. The zero-order valence-electron chi connectivity index (χ0n) is 34.8. The van der Waals surface area contributed by atoms with Gasteiger partial charge in [0.05, 0.1) is 18.3 Å². The third-order valence-corrected chi connectivity index (χ3v) is 13.2. The van der Waals surface area contributed by atoms with E-state index in [1.165, 1.54) is 16.7 Å². The molecule has 0 amide bonds. The molecule has 5 N–H and O–H groups in total. The Labute approximate surface area is 332 Å². The van der Waals surface area contributed by atoms with Crippen molar-refractivity contribution in [3.8, 4) is 0 Å². The van der Waals surface area contributed by atoms with Crippen molar-refractivity contribution in [1.82, 2.24) is 10.6 Å². The summed E-state index contributed by atoms with van der Waals surface area (Å²) in [4.78, 5) is 12.1. The highest BCUT2D eigenvalue weighted by atomic mass is 16.5. The molecule has 3 aliphatic rings. The molecule has 1 aliphatic heterocycles. The van der Waals surface area contributed by atoms with Crippen LogP contribution in [0.5, 0.6) is 0 Å². The average Bonchev–Trinajstić information content (AvgIpc) is 3.52. The first kappa shape index (κ1) is 45.0. The van der Waals surface area contributed by atoms with Crippen LogP contribution in [0.2, 0.25) is 0 Å². The molecule has 8 nitrogen and oxygen atoms in total. The fourth-order valence-corrected chi connectivity index (χ4v) is 9.92. The van der Waals surface area contributed by atoms with Crippen molar-refractivity contribution < 1.29 is 29.6 Å². The van der Waals surface area contributed by atoms with Crippen LogP contribution in [-0.2, 0) is 27.1 Å². The number of aldehydes is 1. The number of carbonyl (C=O) groups is 1. The Kier molecular flexibility index (Phi) is 17.3. The molecule has 0 unspecified atom stereocenters. The SMILES string of the molecule is C=C(C=CC=C(COCC)[C@H]1CC[C@]2([C@@H]1O)[C@@H](CCCO)C(=C(C)C=O)CC[C@]2(O)CCNC)[C@H]1CC=C(C)CN[C@@](C)(CCOC)Cc2cccc(c2)C1. The summed E-state index contributed by atoms with van der Waals surface area (Å²) in [5.74, 6) is -0.225. The molecule has 0 radical (unpaired) electrons. The molecule has 55 heavy (non-hydrogen) atoms. The van der Waals surface area contributed by atoms with Crippen molar-refractivity contribution in [2.24, 2.45) is 23.2 Å². The lowest BCUT2D eigenvalue weighted by molar-refractivity contribution is -0.180. The number of methoxy groups -OCH3 is 1. The summed E-state index contributed by atoms with van der Waals surface area (Å²) < 4.78 is 11.5. The minimum absolute atomic E-state index is 0.0195. The number of aliphatic hydroxyl groups excluding tert-OH is 2. The number of hydrogen-bond donors (Lipinski definition) is 5. The van der Waals surface area contributed by atoms with Gasteiger partial charge in [-0.2, -0.15) is 0 Å². The molecule has 0 aromatic heterocycles. The number of nitrogens with one attached hydrogen (secondary N) is 2. The largest absolute Gasteiger partial charge is 0.396 e. The van der Waals surface area contributed by atoms with Crippen LogP contribution in [0.1, 0.15) is 96.6 Å². The maximum Gasteiger partial charge on any atom is 0.145 e. The molecule has 1 heterocycles. The highest BCUT2D eigenvalue weighted by molar-refractivity contribution is 5.74. The summed E-state index contributed by atoms with van der Waals surface area (Å²) >= 11 is 0. The van der Waals surface area contributed by atoms with Gasteiger partial charge in [0.2, 0.25) is 0 Å². The smallest absolute Gasteiger partial charge is 0.145 e. The summed E-state index contributed by atoms with van der Waals surface area (Å²) in [7, 11) is 3.65. The van der Waals surface area contributed by atoms with Crippen molar-refractivity contribution >= 4 is 6.29 Å². The Morgan fingerprint density at radius 3 is 2.69 bits per heavy atom. The monoisotopic (exact) mass is 761 g/mol. The molecule has 8 heteroatoms. The molecule has 1 aromatic rings. The Balaban J connectivity index is 1.65. The van der Waals surface area contributed by atoms with Gasteiger partial charge in [-0.15, -0.1) is 0 Å². The summed E-state index contributed by atoms with van der Waals surface area (Å²) in [6.45, 7) is 16.0. The van der Waals surface area contributed by atoms with Gasteiger partial charge in [-0.25, -0.2) is 0 Å². The highest BCUT2D eigenvalue weighted by Gasteiger charge is 2.65. The second-order valence-electron chi connectivity index (χ2n) is 16.9. The van der Waals surface area contributed by atoms with E-state index in [-0.39, 0.29) is 29.9 Å². The minimum atomic E-state index is -1.13. The van der Waals surface area contributed by atoms with Crippen LogP contribution in [0.15, 0.2) is 83.0 Å². The van der Waals surface area contributed by atoms with E-state index in [0.29, 0.717) is 76.9 Å². The second-order valence-corrected chi connectivity index (χ2v) is 16.9. The van der Waals surface area contributed by atoms with Gasteiger partial charge in [0.1, 0.15) is 6.29 Å². The topological polar surface area (TPSA) is 120 Å². The van der Waals surface area contributed by atoms with E-state index in [4.69, 9.17) is 9.47 Å². The van der Waals surface area contributed by atoms with Crippen molar-refractivity contribution in [2.45, 2.75) is 116 Å². The van der Waals surface area contributed by atoms with Gasteiger partial charge >= 0.3 is 0 Å². The van der Waals surface area contributed by atoms with E-state index in [9.17, 15) is 20.1 Å². The van der Waals surface area contributed by atoms with Gasteiger partial charge in [-0.1, -0.05) is 71.9 Å². The summed E-state index contributed by atoms with van der Waals surface area (Å²) in [5, 5.41) is 42.2. The molecule has 2 aliphatic carbocycles. The predicted octanol–water partition coefficient (Wildman–Crippen LogP) is 6.99. The van der Waals surface area contributed by atoms with Crippen molar-refractivity contribution in [1.29, 1.82) is 0 Å².